The normalized spacial score (nSPS) is 22.8. The number of fused-ring (bicyclic) bond motifs is 1. The van der Waals surface area contributed by atoms with E-state index in [1.165, 1.54) is 0 Å². The zero-order chi connectivity index (χ0) is 24.0. The molecule has 1 amide bonds. The van der Waals surface area contributed by atoms with Crippen LogP contribution < -0.4 is 16.4 Å². The Morgan fingerprint density at radius 3 is 2.85 bits per heavy atom. The Balaban J connectivity index is 1.47. The third-order valence-electron chi connectivity index (χ3n) is 6.81. The molecule has 176 valence electrons. The van der Waals surface area contributed by atoms with Crippen LogP contribution in [0, 0.1) is 24.2 Å². The van der Waals surface area contributed by atoms with Crippen LogP contribution in [0.15, 0.2) is 30.5 Å². The molecule has 3 unspecified atom stereocenters. The van der Waals surface area contributed by atoms with Gasteiger partial charge in [-0.3, -0.25) is 4.79 Å². The highest BCUT2D eigenvalue weighted by atomic mass is 35.5. The first-order valence-electron chi connectivity index (χ1n) is 11.5. The van der Waals surface area contributed by atoms with Crippen molar-refractivity contribution in [3.05, 3.63) is 52.3 Å². The Morgan fingerprint density at radius 1 is 1.26 bits per heavy atom. The number of nitrogen functional groups attached to an aromatic ring is 1. The van der Waals surface area contributed by atoms with Crippen LogP contribution in [0.4, 0.5) is 11.5 Å². The number of piperidine rings is 1. The van der Waals surface area contributed by atoms with E-state index in [0.29, 0.717) is 41.6 Å². The predicted molar refractivity (Wildman–Crippen MR) is 131 cm³/mol. The van der Waals surface area contributed by atoms with Crippen molar-refractivity contribution in [2.24, 2.45) is 11.7 Å². The van der Waals surface area contributed by atoms with Crippen LogP contribution in [-0.2, 0) is 0 Å². The number of nitrogens with two attached hydrogens (primary N) is 2. The molecular weight excluding hydrogens is 452 g/mol. The molecule has 2 aromatic heterocycles. The van der Waals surface area contributed by atoms with Crippen LogP contribution in [0.2, 0.25) is 5.02 Å². The molecule has 9 nitrogen and oxygen atoms in total. The molecule has 2 aliphatic rings. The van der Waals surface area contributed by atoms with Crippen LogP contribution in [0.25, 0.3) is 5.65 Å². The van der Waals surface area contributed by atoms with E-state index in [0.717, 1.165) is 36.3 Å². The maximum absolute atomic E-state index is 13.4. The molecule has 2 aliphatic heterocycles. The first-order valence-corrected chi connectivity index (χ1v) is 11.9. The van der Waals surface area contributed by atoms with Crippen molar-refractivity contribution in [2.45, 2.75) is 38.3 Å². The van der Waals surface area contributed by atoms with Crippen molar-refractivity contribution < 1.29 is 4.79 Å². The lowest BCUT2D eigenvalue weighted by Gasteiger charge is -2.35. The van der Waals surface area contributed by atoms with E-state index in [2.05, 4.69) is 11.0 Å². The minimum Gasteiger partial charge on any atom is -0.398 e. The molecule has 0 radical (unpaired) electrons. The second-order valence-corrected chi connectivity index (χ2v) is 9.60. The molecule has 4 N–H and O–H groups in total. The second kappa shape index (κ2) is 8.78. The molecule has 34 heavy (non-hydrogen) atoms. The summed E-state index contributed by atoms with van der Waals surface area (Å²) in [5.74, 6) is 0.467. The summed E-state index contributed by atoms with van der Waals surface area (Å²) in [5.41, 5.74) is 15.5. The summed E-state index contributed by atoms with van der Waals surface area (Å²) < 4.78 is 1.76. The minimum absolute atomic E-state index is 0.139. The molecule has 0 spiro atoms. The Labute approximate surface area is 202 Å². The Hall–Kier alpha value is -3.35. The maximum atomic E-state index is 13.4. The van der Waals surface area contributed by atoms with E-state index in [1.54, 1.807) is 22.7 Å². The zero-order valence-electron chi connectivity index (χ0n) is 19.0. The van der Waals surface area contributed by atoms with Gasteiger partial charge in [-0.25, -0.2) is 9.50 Å². The van der Waals surface area contributed by atoms with E-state index < -0.39 is 0 Å². The van der Waals surface area contributed by atoms with Crippen molar-refractivity contribution in [1.82, 2.24) is 19.5 Å². The standard InChI is InChI=1S/C24H27ClN8O/c1-14-11-33-22(29-23(14)31-12-15(10-26)19(28)13-31)9-20(30-33)21-4-2-3-7-32(21)24(34)17-8-16(25)5-6-18(17)27/h5-6,8-9,11,15,19,21H,2-4,7,12-13,27-28H2,1H3. The van der Waals surface area contributed by atoms with Crippen molar-refractivity contribution in [3.8, 4) is 6.07 Å². The van der Waals surface area contributed by atoms with Crippen LogP contribution >= 0.6 is 11.6 Å². The average molecular weight is 479 g/mol. The fourth-order valence-corrected chi connectivity index (χ4v) is 5.16. The zero-order valence-corrected chi connectivity index (χ0v) is 19.7. The first kappa shape index (κ1) is 22.4. The minimum atomic E-state index is -0.210. The van der Waals surface area contributed by atoms with Gasteiger partial charge in [-0.15, -0.1) is 0 Å². The van der Waals surface area contributed by atoms with E-state index in [9.17, 15) is 10.1 Å². The lowest BCUT2D eigenvalue weighted by atomic mass is 9.98. The van der Waals surface area contributed by atoms with Gasteiger partial charge in [0.1, 0.15) is 5.82 Å². The molecule has 3 aromatic rings. The van der Waals surface area contributed by atoms with Crippen molar-refractivity contribution >= 4 is 34.7 Å². The lowest BCUT2D eigenvalue weighted by Crippen LogP contribution is -2.39. The van der Waals surface area contributed by atoms with Crippen LogP contribution in [0.3, 0.4) is 0 Å². The van der Waals surface area contributed by atoms with Gasteiger partial charge < -0.3 is 21.3 Å². The van der Waals surface area contributed by atoms with E-state index in [1.807, 2.05) is 24.1 Å². The van der Waals surface area contributed by atoms with Gasteiger partial charge in [-0.1, -0.05) is 11.6 Å². The molecule has 1 aromatic carbocycles. The van der Waals surface area contributed by atoms with E-state index in [-0.39, 0.29) is 23.9 Å². The summed E-state index contributed by atoms with van der Waals surface area (Å²) >= 11 is 6.14. The molecule has 0 bridgehead atoms. The van der Waals surface area contributed by atoms with Crippen molar-refractivity contribution in [3.63, 3.8) is 0 Å². The average Bonchev–Trinajstić information content (AvgIpc) is 3.42. The largest absolute Gasteiger partial charge is 0.398 e. The fraction of sp³-hybridized carbons (Fsp3) is 0.417. The number of aromatic nitrogens is 3. The number of halogens is 1. The fourth-order valence-electron chi connectivity index (χ4n) is 4.99. The van der Waals surface area contributed by atoms with Gasteiger partial charge in [-0.2, -0.15) is 10.4 Å². The Morgan fingerprint density at radius 2 is 2.09 bits per heavy atom. The quantitative estimate of drug-likeness (QED) is 0.553. The molecule has 4 heterocycles. The number of anilines is 2. The van der Waals surface area contributed by atoms with Crippen molar-refractivity contribution in [1.29, 1.82) is 5.26 Å². The van der Waals surface area contributed by atoms with Crippen molar-refractivity contribution in [2.75, 3.05) is 30.3 Å². The first-order chi connectivity index (χ1) is 16.4. The number of aryl methyl sites for hydroxylation is 1. The molecule has 10 heteroatoms. The molecule has 0 saturated carbocycles. The Bertz CT molecular complexity index is 1300. The number of hydrogen-bond donors (Lipinski definition) is 2. The molecule has 5 rings (SSSR count). The number of rotatable bonds is 3. The number of hydrogen-bond acceptors (Lipinski definition) is 7. The van der Waals surface area contributed by atoms with Gasteiger partial charge in [0.05, 0.1) is 29.3 Å². The van der Waals surface area contributed by atoms with Crippen LogP contribution in [-0.4, -0.2) is 51.1 Å². The number of benzene rings is 1. The highest BCUT2D eigenvalue weighted by Gasteiger charge is 2.33. The van der Waals surface area contributed by atoms with Gasteiger partial charge in [-0.05, 0) is 44.4 Å². The number of amides is 1. The predicted octanol–water partition coefficient (Wildman–Crippen LogP) is 2.93. The van der Waals surface area contributed by atoms with E-state index in [4.69, 9.17) is 33.2 Å². The molecule has 2 saturated heterocycles. The molecule has 0 aliphatic carbocycles. The topological polar surface area (TPSA) is 130 Å². The maximum Gasteiger partial charge on any atom is 0.256 e. The summed E-state index contributed by atoms with van der Waals surface area (Å²) in [5, 5.41) is 14.6. The second-order valence-electron chi connectivity index (χ2n) is 9.17. The van der Waals surface area contributed by atoms with Gasteiger partial charge in [0.15, 0.2) is 5.65 Å². The Kier molecular flexibility index (Phi) is 5.80. The monoisotopic (exact) mass is 478 g/mol. The SMILES string of the molecule is Cc1cn2nc(C3CCCCN3C(=O)c3cc(Cl)ccc3N)cc2nc1N1CC(N)C(C#N)C1. The van der Waals surface area contributed by atoms with Gasteiger partial charge in [0.2, 0.25) is 0 Å². The van der Waals surface area contributed by atoms with Gasteiger partial charge in [0, 0.05) is 54.2 Å². The summed E-state index contributed by atoms with van der Waals surface area (Å²) in [4.78, 5) is 22.2. The van der Waals surface area contributed by atoms with E-state index >= 15 is 0 Å². The molecule has 3 atom stereocenters. The summed E-state index contributed by atoms with van der Waals surface area (Å²) in [6.07, 6.45) is 4.68. The highest BCUT2D eigenvalue weighted by Crippen LogP contribution is 2.34. The van der Waals surface area contributed by atoms with Crippen LogP contribution in [0.1, 0.15) is 46.9 Å². The lowest BCUT2D eigenvalue weighted by molar-refractivity contribution is 0.0607. The summed E-state index contributed by atoms with van der Waals surface area (Å²) in [6.45, 7) is 3.76. The number of carbonyl (C=O) groups is 1. The molecule has 2 fully saturated rings. The summed E-state index contributed by atoms with van der Waals surface area (Å²) in [7, 11) is 0. The molecular formula is C24H27ClN8O. The number of carbonyl (C=O) groups excluding carboxylic acids is 1. The van der Waals surface area contributed by atoms with Crippen LogP contribution in [0.5, 0.6) is 0 Å². The summed E-state index contributed by atoms with van der Waals surface area (Å²) in [6, 6.07) is 8.83. The van der Waals surface area contributed by atoms with Gasteiger partial charge in [0.25, 0.3) is 5.91 Å². The van der Waals surface area contributed by atoms with Gasteiger partial charge >= 0.3 is 0 Å². The number of nitriles is 1. The highest BCUT2D eigenvalue weighted by molar-refractivity contribution is 6.31. The third kappa shape index (κ3) is 3.93. The number of likely N-dealkylation sites (tertiary alicyclic amines) is 1. The smallest absolute Gasteiger partial charge is 0.256 e. The number of nitrogens with zero attached hydrogens (tertiary/aromatic N) is 6. The third-order valence-corrected chi connectivity index (χ3v) is 7.04.